The van der Waals surface area contributed by atoms with Gasteiger partial charge in [-0.05, 0) is 43.5 Å². The SMILES string of the molecule is Cc1cccc(S(=O)(=O)N2CCCc3ncc(NC=O)cc32)c1. The second-order valence-corrected chi connectivity index (χ2v) is 7.31. The third-order valence-electron chi connectivity index (χ3n) is 3.79. The Hall–Kier alpha value is -2.41. The van der Waals surface area contributed by atoms with Gasteiger partial charge in [0.15, 0.2) is 0 Å². The smallest absolute Gasteiger partial charge is 0.264 e. The molecule has 120 valence electrons. The van der Waals surface area contributed by atoms with Crippen molar-refractivity contribution in [2.24, 2.45) is 0 Å². The molecule has 0 spiro atoms. The van der Waals surface area contributed by atoms with E-state index in [4.69, 9.17) is 0 Å². The van der Waals surface area contributed by atoms with Crippen molar-refractivity contribution in [1.82, 2.24) is 4.98 Å². The van der Waals surface area contributed by atoms with Gasteiger partial charge >= 0.3 is 0 Å². The molecule has 0 fully saturated rings. The Morgan fingerprint density at radius 1 is 1.30 bits per heavy atom. The molecule has 1 aliphatic rings. The molecule has 0 saturated heterocycles. The fourth-order valence-corrected chi connectivity index (χ4v) is 4.33. The molecule has 2 aromatic rings. The number of aryl methyl sites for hydroxylation is 2. The van der Waals surface area contributed by atoms with Crippen molar-refractivity contribution in [3.05, 3.63) is 47.8 Å². The maximum absolute atomic E-state index is 13.0. The molecule has 0 unspecified atom stereocenters. The molecule has 1 aromatic heterocycles. The molecular formula is C16H17N3O3S. The van der Waals surface area contributed by atoms with E-state index < -0.39 is 10.0 Å². The Labute approximate surface area is 135 Å². The highest BCUT2D eigenvalue weighted by atomic mass is 32.2. The van der Waals surface area contributed by atoms with Gasteiger partial charge < -0.3 is 5.32 Å². The normalized spacial score (nSPS) is 14.2. The van der Waals surface area contributed by atoms with Crippen LogP contribution >= 0.6 is 0 Å². The van der Waals surface area contributed by atoms with E-state index in [2.05, 4.69) is 10.3 Å². The molecule has 7 heteroatoms. The fourth-order valence-electron chi connectivity index (χ4n) is 2.70. The van der Waals surface area contributed by atoms with E-state index in [0.717, 1.165) is 17.7 Å². The van der Waals surface area contributed by atoms with Crippen LogP contribution in [0, 0.1) is 6.92 Å². The van der Waals surface area contributed by atoms with Crippen molar-refractivity contribution >= 4 is 27.8 Å². The predicted molar refractivity (Wildman–Crippen MR) is 88.0 cm³/mol. The summed E-state index contributed by atoms with van der Waals surface area (Å²) in [5.41, 5.74) is 2.62. The van der Waals surface area contributed by atoms with Crippen molar-refractivity contribution in [3.63, 3.8) is 0 Å². The summed E-state index contributed by atoms with van der Waals surface area (Å²) >= 11 is 0. The summed E-state index contributed by atoms with van der Waals surface area (Å²) in [6.45, 7) is 2.26. The molecule has 3 rings (SSSR count). The first-order valence-corrected chi connectivity index (χ1v) is 8.75. The zero-order valence-corrected chi connectivity index (χ0v) is 13.5. The Morgan fingerprint density at radius 2 is 2.13 bits per heavy atom. The van der Waals surface area contributed by atoms with Gasteiger partial charge in [0.05, 0.1) is 28.2 Å². The molecule has 1 aliphatic heterocycles. The number of fused-ring (bicyclic) bond motifs is 1. The average Bonchev–Trinajstić information content (AvgIpc) is 2.54. The van der Waals surface area contributed by atoms with Gasteiger partial charge in [0.2, 0.25) is 6.41 Å². The Balaban J connectivity index is 2.08. The largest absolute Gasteiger partial charge is 0.327 e. The minimum absolute atomic E-state index is 0.263. The van der Waals surface area contributed by atoms with Crippen LogP contribution in [0.4, 0.5) is 11.4 Å². The van der Waals surface area contributed by atoms with Crippen LogP contribution in [0.15, 0.2) is 41.4 Å². The topological polar surface area (TPSA) is 79.4 Å². The van der Waals surface area contributed by atoms with E-state index >= 15 is 0 Å². The second kappa shape index (κ2) is 6.00. The number of nitrogens with zero attached hydrogens (tertiary/aromatic N) is 2. The van der Waals surface area contributed by atoms with Crippen molar-refractivity contribution in [1.29, 1.82) is 0 Å². The number of pyridine rings is 1. The van der Waals surface area contributed by atoms with Gasteiger partial charge in [-0.2, -0.15) is 0 Å². The van der Waals surface area contributed by atoms with Crippen LogP contribution in [0.25, 0.3) is 0 Å². The fraction of sp³-hybridized carbons (Fsp3) is 0.250. The number of nitrogens with one attached hydrogen (secondary N) is 1. The average molecular weight is 331 g/mol. The molecule has 0 aliphatic carbocycles. The Bertz CT molecular complexity index is 849. The van der Waals surface area contributed by atoms with Gasteiger partial charge in [-0.3, -0.25) is 14.1 Å². The first-order valence-electron chi connectivity index (χ1n) is 7.31. The van der Waals surface area contributed by atoms with Crippen molar-refractivity contribution in [2.75, 3.05) is 16.2 Å². The van der Waals surface area contributed by atoms with Gasteiger partial charge in [-0.15, -0.1) is 0 Å². The minimum Gasteiger partial charge on any atom is -0.327 e. The van der Waals surface area contributed by atoms with Gasteiger partial charge in [-0.1, -0.05) is 12.1 Å². The zero-order chi connectivity index (χ0) is 16.4. The van der Waals surface area contributed by atoms with Crippen LogP contribution in [-0.2, 0) is 21.2 Å². The maximum Gasteiger partial charge on any atom is 0.264 e. The number of anilines is 2. The lowest BCUT2D eigenvalue weighted by atomic mass is 10.1. The first kappa shape index (κ1) is 15.5. The molecular weight excluding hydrogens is 314 g/mol. The number of hydrogen-bond donors (Lipinski definition) is 1. The molecule has 1 N–H and O–H groups in total. The summed E-state index contributed by atoms with van der Waals surface area (Å²) in [6.07, 6.45) is 3.52. The van der Waals surface area contributed by atoms with Gasteiger partial charge in [-0.25, -0.2) is 8.42 Å². The number of benzene rings is 1. The van der Waals surface area contributed by atoms with Crippen LogP contribution in [0.1, 0.15) is 17.7 Å². The van der Waals surface area contributed by atoms with Crippen molar-refractivity contribution in [2.45, 2.75) is 24.7 Å². The van der Waals surface area contributed by atoms with Gasteiger partial charge in [0, 0.05) is 6.54 Å². The van der Waals surface area contributed by atoms with Crippen LogP contribution in [0.5, 0.6) is 0 Å². The Morgan fingerprint density at radius 3 is 2.87 bits per heavy atom. The van der Waals surface area contributed by atoms with Crippen molar-refractivity contribution < 1.29 is 13.2 Å². The second-order valence-electron chi connectivity index (χ2n) is 5.45. The number of aromatic nitrogens is 1. The van der Waals surface area contributed by atoms with E-state index in [9.17, 15) is 13.2 Å². The summed E-state index contributed by atoms with van der Waals surface area (Å²) < 4.78 is 27.3. The molecule has 23 heavy (non-hydrogen) atoms. The first-order chi connectivity index (χ1) is 11.0. The number of amides is 1. The minimum atomic E-state index is -3.65. The highest BCUT2D eigenvalue weighted by Crippen LogP contribution is 2.32. The standard InChI is InChI=1S/C16H17N3O3S/c1-12-4-2-5-14(8-12)23(21,22)19-7-3-6-15-16(19)9-13(10-17-15)18-11-20/h2,4-5,8-11H,3,6-7H2,1H3,(H,18,20). The molecule has 1 amide bonds. The van der Waals surface area contributed by atoms with E-state index in [0.29, 0.717) is 30.8 Å². The van der Waals surface area contributed by atoms with Crippen LogP contribution in [-0.4, -0.2) is 26.4 Å². The lowest BCUT2D eigenvalue weighted by Crippen LogP contribution is -2.36. The summed E-state index contributed by atoms with van der Waals surface area (Å²) in [5, 5.41) is 2.51. The zero-order valence-electron chi connectivity index (χ0n) is 12.7. The predicted octanol–water partition coefficient (Wildman–Crippen LogP) is 2.10. The summed E-state index contributed by atoms with van der Waals surface area (Å²) in [4.78, 5) is 15.2. The molecule has 0 radical (unpaired) electrons. The number of carbonyl (C=O) groups excluding carboxylic acids is 1. The number of sulfonamides is 1. The monoisotopic (exact) mass is 331 g/mol. The third kappa shape index (κ3) is 2.92. The van der Waals surface area contributed by atoms with Crippen LogP contribution in [0.2, 0.25) is 0 Å². The lowest BCUT2D eigenvalue weighted by Gasteiger charge is -2.30. The molecule has 0 atom stereocenters. The summed E-state index contributed by atoms with van der Waals surface area (Å²) in [7, 11) is -3.65. The quantitative estimate of drug-likeness (QED) is 0.870. The summed E-state index contributed by atoms with van der Waals surface area (Å²) in [6, 6.07) is 8.50. The molecule has 6 nitrogen and oxygen atoms in total. The number of carbonyl (C=O) groups is 1. The van der Waals surface area contributed by atoms with Gasteiger partial charge in [0.1, 0.15) is 0 Å². The summed E-state index contributed by atoms with van der Waals surface area (Å²) in [5.74, 6) is 0. The lowest BCUT2D eigenvalue weighted by molar-refractivity contribution is -0.105. The molecule has 0 saturated carbocycles. The maximum atomic E-state index is 13.0. The molecule has 1 aromatic carbocycles. The molecule has 0 bridgehead atoms. The van der Waals surface area contributed by atoms with Gasteiger partial charge in [0.25, 0.3) is 10.0 Å². The van der Waals surface area contributed by atoms with E-state index in [1.54, 1.807) is 24.3 Å². The highest BCUT2D eigenvalue weighted by molar-refractivity contribution is 7.92. The highest BCUT2D eigenvalue weighted by Gasteiger charge is 2.30. The molecule has 2 heterocycles. The number of hydrogen-bond acceptors (Lipinski definition) is 4. The van der Waals surface area contributed by atoms with E-state index in [1.165, 1.54) is 10.5 Å². The van der Waals surface area contributed by atoms with Crippen LogP contribution in [0.3, 0.4) is 0 Å². The third-order valence-corrected chi connectivity index (χ3v) is 5.60. The number of rotatable bonds is 4. The van der Waals surface area contributed by atoms with E-state index in [1.807, 2.05) is 13.0 Å². The van der Waals surface area contributed by atoms with Crippen molar-refractivity contribution in [3.8, 4) is 0 Å². The Kier molecular flexibility index (Phi) is 4.04. The van der Waals surface area contributed by atoms with E-state index in [-0.39, 0.29) is 4.90 Å². The van der Waals surface area contributed by atoms with Crippen LogP contribution < -0.4 is 9.62 Å².